The molecule has 2 aromatic carbocycles. The van der Waals surface area contributed by atoms with E-state index in [4.69, 9.17) is 16.3 Å². The molecule has 2 aliphatic heterocycles. The Hall–Kier alpha value is -3.26. The molecule has 4 rings (SSSR count). The van der Waals surface area contributed by atoms with Crippen molar-refractivity contribution in [3.63, 3.8) is 0 Å². The zero-order valence-electron chi connectivity index (χ0n) is 22.2. The Morgan fingerprint density at radius 1 is 1.00 bits per heavy atom. The minimum atomic E-state index is -0.309. The third-order valence-corrected chi connectivity index (χ3v) is 7.34. The second-order valence-corrected chi connectivity index (χ2v) is 10.7. The zero-order valence-corrected chi connectivity index (χ0v) is 22.9. The summed E-state index contributed by atoms with van der Waals surface area (Å²) < 4.78 is 5.99. The predicted octanol–water partition coefficient (Wildman–Crippen LogP) is 4.13. The van der Waals surface area contributed by atoms with Crippen LogP contribution in [-0.2, 0) is 4.79 Å². The molecule has 0 aliphatic carbocycles. The molecule has 1 atom stereocenters. The van der Waals surface area contributed by atoms with Gasteiger partial charge in [0.25, 0.3) is 11.8 Å². The zero-order chi connectivity index (χ0) is 27.1. The fraction of sp³-hybridized carbons (Fsp3) is 0.483. The molecule has 2 heterocycles. The third-order valence-electron chi connectivity index (χ3n) is 7.10. The minimum absolute atomic E-state index is 0.0471. The van der Waals surface area contributed by atoms with Crippen LogP contribution in [0.1, 0.15) is 60.2 Å². The van der Waals surface area contributed by atoms with Gasteiger partial charge in [-0.05, 0) is 74.1 Å². The maximum atomic E-state index is 13.4. The normalized spacial score (nSPS) is 19.6. The molecule has 0 bridgehead atoms. The van der Waals surface area contributed by atoms with E-state index in [2.05, 4.69) is 15.5 Å². The molecule has 8 nitrogen and oxygen atoms in total. The Kier molecular flexibility index (Phi) is 9.50. The van der Waals surface area contributed by atoms with Gasteiger partial charge in [-0.2, -0.15) is 0 Å². The first-order chi connectivity index (χ1) is 18.3. The summed E-state index contributed by atoms with van der Waals surface area (Å²) in [6.07, 6.45) is 3.66. The smallest absolute Gasteiger partial charge is 0.255 e. The average Bonchev–Trinajstić information content (AvgIpc) is 3.44. The van der Waals surface area contributed by atoms with Crippen LogP contribution in [0.5, 0.6) is 5.75 Å². The second kappa shape index (κ2) is 13.0. The van der Waals surface area contributed by atoms with Crippen molar-refractivity contribution in [1.82, 2.24) is 15.5 Å². The van der Waals surface area contributed by atoms with Crippen LogP contribution in [0, 0.1) is 5.92 Å². The molecule has 9 heteroatoms. The van der Waals surface area contributed by atoms with Gasteiger partial charge in [0, 0.05) is 42.5 Å². The van der Waals surface area contributed by atoms with Crippen molar-refractivity contribution < 1.29 is 19.1 Å². The van der Waals surface area contributed by atoms with E-state index < -0.39 is 0 Å². The summed E-state index contributed by atoms with van der Waals surface area (Å²) >= 11 is 6.14. The highest BCUT2D eigenvalue weighted by atomic mass is 35.5. The van der Waals surface area contributed by atoms with Gasteiger partial charge >= 0.3 is 0 Å². The second-order valence-electron chi connectivity index (χ2n) is 10.3. The number of anilines is 1. The number of carbonyl (C=O) groups excluding carboxylic acids is 3. The monoisotopic (exact) mass is 540 g/mol. The summed E-state index contributed by atoms with van der Waals surface area (Å²) in [6.45, 7) is 7.01. The maximum absolute atomic E-state index is 13.4. The van der Waals surface area contributed by atoms with E-state index in [0.717, 1.165) is 18.8 Å². The van der Waals surface area contributed by atoms with Crippen LogP contribution in [0.2, 0.25) is 5.02 Å². The number of fused-ring (bicyclic) bond motifs is 1. The summed E-state index contributed by atoms with van der Waals surface area (Å²) in [5, 5.41) is 6.39. The Labute approximate surface area is 229 Å². The summed E-state index contributed by atoms with van der Waals surface area (Å²) in [5.74, 6) is -0.207. The van der Waals surface area contributed by atoms with Crippen LogP contribution in [-0.4, -0.2) is 68.0 Å². The number of hydrogen-bond acceptors (Lipinski definition) is 5. The third kappa shape index (κ3) is 7.19. The van der Waals surface area contributed by atoms with E-state index in [0.29, 0.717) is 47.8 Å². The standard InChI is InChI=1S/C29H37ClN4O4/c1-20(2)25-19-38-26-12-9-22(30)17-24(26)28(36)31-13-3-4-16-34(18-27(35)32-25)29(37)21-7-10-23(11-8-21)33-14-5-6-15-33/h7-12,17,20,25H,3-6,13-16,18-19H2,1-2H3,(H,31,36)(H,32,35)/t25-/m1/s1. The molecule has 204 valence electrons. The Bertz CT molecular complexity index is 1130. The summed E-state index contributed by atoms with van der Waals surface area (Å²) in [6, 6.07) is 12.3. The molecule has 0 unspecified atom stereocenters. The molecule has 0 spiro atoms. The van der Waals surface area contributed by atoms with Gasteiger partial charge in [-0.1, -0.05) is 25.4 Å². The van der Waals surface area contributed by atoms with Crippen molar-refractivity contribution in [1.29, 1.82) is 0 Å². The van der Waals surface area contributed by atoms with Gasteiger partial charge in [-0.3, -0.25) is 14.4 Å². The molecular weight excluding hydrogens is 504 g/mol. The number of carbonyl (C=O) groups is 3. The largest absolute Gasteiger partial charge is 0.491 e. The molecule has 2 N–H and O–H groups in total. The van der Waals surface area contributed by atoms with E-state index in [-0.39, 0.29) is 42.8 Å². The molecule has 0 aromatic heterocycles. The predicted molar refractivity (Wildman–Crippen MR) is 149 cm³/mol. The lowest BCUT2D eigenvalue weighted by molar-refractivity contribution is -0.123. The van der Waals surface area contributed by atoms with Crippen molar-refractivity contribution in [3.8, 4) is 5.75 Å². The van der Waals surface area contributed by atoms with Crippen molar-refractivity contribution in [2.75, 3.05) is 44.2 Å². The topological polar surface area (TPSA) is 91.0 Å². The van der Waals surface area contributed by atoms with E-state index in [9.17, 15) is 14.4 Å². The van der Waals surface area contributed by atoms with E-state index >= 15 is 0 Å². The van der Waals surface area contributed by atoms with Gasteiger partial charge in [-0.25, -0.2) is 0 Å². The van der Waals surface area contributed by atoms with Gasteiger partial charge in [0.1, 0.15) is 12.4 Å². The molecule has 1 fully saturated rings. The number of halogens is 1. The minimum Gasteiger partial charge on any atom is -0.491 e. The van der Waals surface area contributed by atoms with Crippen LogP contribution in [0.3, 0.4) is 0 Å². The van der Waals surface area contributed by atoms with Crippen LogP contribution < -0.4 is 20.3 Å². The lowest BCUT2D eigenvalue weighted by atomic mass is 10.1. The number of hydrogen-bond donors (Lipinski definition) is 2. The summed E-state index contributed by atoms with van der Waals surface area (Å²) in [7, 11) is 0. The van der Waals surface area contributed by atoms with Gasteiger partial charge in [0.05, 0.1) is 18.2 Å². The molecule has 3 amide bonds. The molecule has 1 saturated heterocycles. The number of nitrogens with zero attached hydrogens (tertiary/aromatic N) is 2. The summed E-state index contributed by atoms with van der Waals surface area (Å²) in [5.41, 5.74) is 2.03. The van der Waals surface area contributed by atoms with Crippen LogP contribution in [0.25, 0.3) is 0 Å². The number of rotatable bonds is 3. The maximum Gasteiger partial charge on any atom is 0.255 e. The number of amides is 3. The first-order valence-corrected chi connectivity index (χ1v) is 13.8. The SMILES string of the molecule is CC(C)[C@H]1COc2ccc(Cl)cc2C(=O)NCCCCN(C(=O)c2ccc(N3CCCC3)cc2)CC(=O)N1. The Balaban J connectivity index is 1.50. The fourth-order valence-corrected chi connectivity index (χ4v) is 4.93. The van der Waals surface area contributed by atoms with Crippen molar-refractivity contribution in [3.05, 3.63) is 58.6 Å². The Morgan fingerprint density at radius 2 is 1.71 bits per heavy atom. The van der Waals surface area contributed by atoms with E-state index in [1.807, 2.05) is 38.1 Å². The first kappa shape index (κ1) is 27.8. The molecule has 2 aliphatic rings. The quantitative estimate of drug-likeness (QED) is 0.611. The van der Waals surface area contributed by atoms with Gasteiger partial charge < -0.3 is 25.2 Å². The molecule has 0 saturated carbocycles. The van der Waals surface area contributed by atoms with Crippen molar-refractivity contribution in [2.45, 2.75) is 45.6 Å². The van der Waals surface area contributed by atoms with Crippen LogP contribution >= 0.6 is 11.6 Å². The van der Waals surface area contributed by atoms with Gasteiger partial charge in [0.2, 0.25) is 5.91 Å². The van der Waals surface area contributed by atoms with Gasteiger partial charge in [0.15, 0.2) is 0 Å². The lowest BCUT2D eigenvalue weighted by Gasteiger charge is -2.26. The van der Waals surface area contributed by atoms with Crippen LogP contribution in [0.15, 0.2) is 42.5 Å². The van der Waals surface area contributed by atoms with Crippen LogP contribution in [0.4, 0.5) is 5.69 Å². The van der Waals surface area contributed by atoms with Gasteiger partial charge in [-0.15, -0.1) is 0 Å². The molecule has 2 aromatic rings. The highest BCUT2D eigenvalue weighted by molar-refractivity contribution is 6.31. The lowest BCUT2D eigenvalue weighted by Crippen LogP contribution is -2.48. The highest BCUT2D eigenvalue weighted by Gasteiger charge is 2.24. The molecule has 38 heavy (non-hydrogen) atoms. The highest BCUT2D eigenvalue weighted by Crippen LogP contribution is 2.24. The summed E-state index contributed by atoms with van der Waals surface area (Å²) in [4.78, 5) is 43.3. The first-order valence-electron chi connectivity index (χ1n) is 13.5. The average molecular weight is 541 g/mol. The number of nitrogens with one attached hydrogen (secondary N) is 2. The van der Waals surface area contributed by atoms with E-state index in [1.165, 1.54) is 12.8 Å². The molecular formula is C29H37ClN4O4. The van der Waals surface area contributed by atoms with Crippen molar-refractivity contribution >= 4 is 35.0 Å². The fourth-order valence-electron chi connectivity index (χ4n) is 4.76. The van der Waals surface area contributed by atoms with Crippen molar-refractivity contribution in [2.24, 2.45) is 5.92 Å². The Morgan fingerprint density at radius 3 is 2.42 bits per heavy atom. The van der Waals surface area contributed by atoms with E-state index in [1.54, 1.807) is 23.1 Å². The number of ether oxygens (including phenoxy) is 1. The number of benzene rings is 2. The molecule has 0 radical (unpaired) electrons.